The van der Waals surface area contributed by atoms with Crippen molar-refractivity contribution in [3.05, 3.63) is 70.4 Å². The van der Waals surface area contributed by atoms with Crippen LogP contribution in [-0.2, 0) is 7.05 Å². The molecule has 1 N–H and O–H groups in total. The van der Waals surface area contributed by atoms with Crippen LogP contribution in [0.2, 0.25) is 0 Å². The van der Waals surface area contributed by atoms with E-state index in [1.807, 2.05) is 25.1 Å². The summed E-state index contributed by atoms with van der Waals surface area (Å²) >= 11 is 0. The van der Waals surface area contributed by atoms with Crippen molar-refractivity contribution in [2.24, 2.45) is 7.05 Å². The summed E-state index contributed by atoms with van der Waals surface area (Å²) in [5.74, 6) is -0.326. The molecule has 3 aromatic rings. The van der Waals surface area contributed by atoms with E-state index in [0.29, 0.717) is 16.8 Å². The number of rotatable bonds is 2. The van der Waals surface area contributed by atoms with E-state index in [2.05, 4.69) is 10.3 Å². The van der Waals surface area contributed by atoms with Crippen molar-refractivity contribution in [2.75, 3.05) is 5.32 Å². The fourth-order valence-electron chi connectivity index (χ4n) is 2.36. The molecule has 0 atom stereocenters. The minimum Gasteiger partial charge on any atom is -0.321 e. The summed E-state index contributed by atoms with van der Waals surface area (Å²) in [4.78, 5) is 28.7. The maximum absolute atomic E-state index is 12.4. The number of anilines is 1. The molecule has 1 aromatic carbocycles. The van der Waals surface area contributed by atoms with E-state index < -0.39 is 0 Å². The number of aryl methyl sites for hydroxylation is 1. The molecule has 1 amide bonds. The molecule has 2 heterocycles. The Morgan fingerprint density at radius 1 is 1.14 bits per heavy atom. The van der Waals surface area contributed by atoms with E-state index >= 15 is 0 Å². The first kappa shape index (κ1) is 14.0. The fraction of sp³-hybridized carbons (Fsp3) is 0.118. The Balaban J connectivity index is 2.07. The quantitative estimate of drug-likeness (QED) is 0.789. The zero-order valence-electron chi connectivity index (χ0n) is 12.3. The van der Waals surface area contributed by atoms with E-state index in [1.165, 1.54) is 4.57 Å². The van der Waals surface area contributed by atoms with Gasteiger partial charge in [0.2, 0.25) is 0 Å². The lowest BCUT2D eigenvalue weighted by Gasteiger charge is -2.11. The van der Waals surface area contributed by atoms with Gasteiger partial charge in [0, 0.05) is 30.5 Å². The molecule has 0 unspecified atom stereocenters. The molecule has 5 nitrogen and oxygen atoms in total. The van der Waals surface area contributed by atoms with E-state index in [-0.39, 0.29) is 11.5 Å². The summed E-state index contributed by atoms with van der Waals surface area (Å²) in [6, 6.07) is 10.7. The van der Waals surface area contributed by atoms with Crippen molar-refractivity contribution < 1.29 is 4.79 Å². The molecule has 110 valence electrons. The smallest absolute Gasteiger partial charge is 0.272 e. The fourth-order valence-corrected chi connectivity index (χ4v) is 2.36. The van der Waals surface area contributed by atoms with Crippen LogP contribution >= 0.6 is 0 Å². The predicted octanol–water partition coefficient (Wildman–Crippen LogP) is 2.49. The van der Waals surface area contributed by atoms with Gasteiger partial charge in [0.1, 0.15) is 5.69 Å². The molecule has 22 heavy (non-hydrogen) atoms. The number of fused-ring (bicyclic) bond motifs is 1. The van der Waals surface area contributed by atoms with Crippen LogP contribution in [0.15, 0.2) is 53.6 Å². The number of benzene rings is 1. The molecule has 0 radical (unpaired) electrons. The van der Waals surface area contributed by atoms with Gasteiger partial charge in [-0.05, 0) is 36.6 Å². The number of hydrogen-bond donors (Lipinski definition) is 1. The van der Waals surface area contributed by atoms with Gasteiger partial charge in [0.15, 0.2) is 0 Å². The molecule has 0 bridgehead atoms. The number of pyridine rings is 2. The largest absolute Gasteiger partial charge is 0.321 e. The molecule has 0 fully saturated rings. The first-order valence-electron chi connectivity index (χ1n) is 6.88. The van der Waals surface area contributed by atoms with Crippen molar-refractivity contribution in [1.29, 1.82) is 0 Å². The lowest BCUT2D eigenvalue weighted by Crippen LogP contribution is -2.26. The Kier molecular flexibility index (Phi) is 3.47. The first-order valence-corrected chi connectivity index (χ1v) is 6.88. The van der Waals surface area contributed by atoms with Crippen LogP contribution < -0.4 is 10.9 Å². The summed E-state index contributed by atoms with van der Waals surface area (Å²) in [5.41, 5.74) is 1.79. The maximum atomic E-state index is 12.4. The van der Waals surface area contributed by atoms with Gasteiger partial charge in [0.25, 0.3) is 11.5 Å². The number of nitrogens with one attached hydrogen (secondary N) is 1. The SMILES string of the molecule is Cc1ccc2cc(C(=O)Nc3ccncc3)n(C)c(=O)c2c1. The van der Waals surface area contributed by atoms with Gasteiger partial charge in [-0.1, -0.05) is 17.7 Å². The van der Waals surface area contributed by atoms with Crippen LogP contribution in [-0.4, -0.2) is 15.5 Å². The second-order valence-electron chi connectivity index (χ2n) is 5.17. The molecule has 2 aromatic heterocycles. The Hall–Kier alpha value is -2.95. The van der Waals surface area contributed by atoms with Crippen molar-refractivity contribution in [1.82, 2.24) is 9.55 Å². The van der Waals surface area contributed by atoms with Crippen molar-refractivity contribution in [2.45, 2.75) is 6.92 Å². The number of carbonyl (C=O) groups is 1. The molecule has 0 aliphatic rings. The molecule has 5 heteroatoms. The Morgan fingerprint density at radius 3 is 2.59 bits per heavy atom. The molecular weight excluding hydrogens is 278 g/mol. The third kappa shape index (κ3) is 2.48. The normalized spacial score (nSPS) is 10.6. The van der Waals surface area contributed by atoms with E-state index in [1.54, 1.807) is 37.6 Å². The number of hydrogen-bond acceptors (Lipinski definition) is 3. The summed E-state index contributed by atoms with van der Waals surface area (Å²) in [5, 5.41) is 4.14. The Labute approximate surface area is 127 Å². The second-order valence-corrected chi connectivity index (χ2v) is 5.17. The molecular formula is C17H15N3O2. The third-order valence-electron chi connectivity index (χ3n) is 3.57. The third-order valence-corrected chi connectivity index (χ3v) is 3.57. The summed E-state index contributed by atoms with van der Waals surface area (Å²) in [6.45, 7) is 1.93. The van der Waals surface area contributed by atoms with Crippen LogP contribution in [0.1, 0.15) is 16.1 Å². The van der Waals surface area contributed by atoms with Gasteiger partial charge >= 0.3 is 0 Å². The molecule has 0 aliphatic carbocycles. The molecule has 0 saturated heterocycles. The number of amides is 1. The van der Waals surface area contributed by atoms with E-state index in [4.69, 9.17) is 0 Å². The van der Waals surface area contributed by atoms with Crippen LogP contribution in [0.25, 0.3) is 10.8 Å². The van der Waals surface area contributed by atoms with Gasteiger partial charge in [-0.3, -0.25) is 14.6 Å². The van der Waals surface area contributed by atoms with Crippen LogP contribution in [0.3, 0.4) is 0 Å². The van der Waals surface area contributed by atoms with Crippen LogP contribution in [0, 0.1) is 6.92 Å². The van der Waals surface area contributed by atoms with Gasteiger partial charge in [-0.15, -0.1) is 0 Å². The minimum absolute atomic E-state index is 0.180. The second kappa shape index (κ2) is 5.44. The summed E-state index contributed by atoms with van der Waals surface area (Å²) in [6.07, 6.45) is 3.19. The highest BCUT2D eigenvalue weighted by molar-refractivity contribution is 6.05. The maximum Gasteiger partial charge on any atom is 0.272 e. The lowest BCUT2D eigenvalue weighted by atomic mass is 10.1. The molecule has 3 rings (SSSR count). The van der Waals surface area contributed by atoms with Gasteiger partial charge in [0.05, 0.1) is 0 Å². The monoisotopic (exact) mass is 293 g/mol. The minimum atomic E-state index is -0.326. The zero-order valence-corrected chi connectivity index (χ0v) is 12.3. The highest BCUT2D eigenvalue weighted by atomic mass is 16.2. The van der Waals surface area contributed by atoms with Crippen molar-refractivity contribution in [3.8, 4) is 0 Å². The Morgan fingerprint density at radius 2 is 1.86 bits per heavy atom. The number of nitrogens with zero attached hydrogens (tertiary/aromatic N) is 2. The standard InChI is InChI=1S/C17H15N3O2/c1-11-3-4-12-10-15(20(2)17(22)14(12)9-11)16(21)19-13-5-7-18-8-6-13/h3-10H,1-2H3,(H,18,19,21). The van der Waals surface area contributed by atoms with Crippen LogP contribution in [0.5, 0.6) is 0 Å². The van der Waals surface area contributed by atoms with Gasteiger partial charge < -0.3 is 9.88 Å². The molecule has 0 spiro atoms. The molecule has 0 saturated carbocycles. The van der Waals surface area contributed by atoms with Crippen molar-refractivity contribution >= 4 is 22.4 Å². The molecule has 0 aliphatic heterocycles. The van der Waals surface area contributed by atoms with E-state index in [9.17, 15) is 9.59 Å². The highest BCUT2D eigenvalue weighted by Gasteiger charge is 2.13. The number of aromatic nitrogens is 2. The summed E-state index contributed by atoms with van der Waals surface area (Å²) in [7, 11) is 1.60. The topological polar surface area (TPSA) is 64.0 Å². The van der Waals surface area contributed by atoms with Gasteiger partial charge in [-0.2, -0.15) is 0 Å². The summed E-state index contributed by atoms with van der Waals surface area (Å²) < 4.78 is 1.37. The average molecular weight is 293 g/mol. The Bertz CT molecular complexity index is 914. The van der Waals surface area contributed by atoms with E-state index in [0.717, 1.165) is 10.9 Å². The first-order chi connectivity index (χ1) is 10.6. The number of carbonyl (C=O) groups excluding carboxylic acids is 1. The lowest BCUT2D eigenvalue weighted by molar-refractivity contribution is 0.101. The van der Waals surface area contributed by atoms with Crippen LogP contribution in [0.4, 0.5) is 5.69 Å². The predicted molar refractivity (Wildman–Crippen MR) is 86.1 cm³/mol. The zero-order chi connectivity index (χ0) is 15.7. The highest BCUT2D eigenvalue weighted by Crippen LogP contribution is 2.15. The average Bonchev–Trinajstić information content (AvgIpc) is 2.52. The van der Waals surface area contributed by atoms with Crippen molar-refractivity contribution in [3.63, 3.8) is 0 Å². The van der Waals surface area contributed by atoms with Gasteiger partial charge in [-0.25, -0.2) is 0 Å².